The molecule has 2 aliphatic rings. The smallest absolute Gasteiger partial charge is 0.00728 e. The second-order valence-electron chi connectivity index (χ2n) is 6.05. The lowest BCUT2D eigenvalue weighted by Gasteiger charge is -2.31. The van der Waals surface area contributed by atoms with Crippen LogP contribution in [-0.4, -0.2) is 36.6 Å². The van der Waals surface area contributed by atoms with Crippen molar-refractivity contribution in [2.75, 3.05) is 19.6 Å². The standard InChI is InChI=1S/C15H30N2/c1-3-5-9-17(4-2)10-8-13-11-14-6-7-15(12-13)16-14/h13-16H,3-12H2,1-2H3. The van der Waals surface area contributed by atoms with Gasteiger partial charge in [-0.25, -0.2) is 0 Å². The van der Waals surface area contributed by atoms with Crippen LogP contribution in [0.1, 0.15) is 58.8 Å². The Morgan fingerprint density at radius 2 is 1.76 bits per heavy atom. The Bertz CT molecular complexity index is 205. The van der Waals surface area contributed by atoms with Crippen molar-refractivity contribution in [2.24, 2.45) is 5.92 Å². The van der Waals surface area contributed by atoms with E-state index in [1.165, 1.54) is 64.6 Å². The van der Waals surface area contributed by atoms with E-state index in [-0.39, 0.29) is 0 Å². The molecule has 2 bridgehead atoms. The van der Waals surface area contributed by atoms with Crippen LogP contribution in [0.3, 0.4) is 0 Å². The number of hydrogen-bond donors (Lipinski definition) is 1. The lowest BCUT2D eigenvalue weighted by Crippen LogP contribution is -2.39. The summed E-state index contributed by atoms with van der Waals surface area (Å²) in [6.45, 7) is 8.48. The summed E-state index contributed by atoms with van der Waals surface area (Å²) in [5.41, 5.74) is 0. The second kappa shape index (κ2) is 6.75. The van der Waals surface area contributed by atoms with E-state index >= 15 is 0 Å². The van der Waals surface area contributed by atoms with Crippen molar-refractivity contribution in [1.29, 1.82) is 0 Å². The third-order valence-electron chi connectivity index (χ3n) is 4.70. The Labute approximate surface area is 107 Å². The summed E-state index contributed by atoms with van der Waals surface area (Å²) in [7, 11) is 0. The fourth-order valence-electron chi connectivity index (χ4n) is 3.59. The van der Waals surface area contributed by atoms with E-state index in [2.05, 4.69) is 24.1 Å². The van der Waals surface area contributed by atoms with Crippen molar-refractivity contribution < 1.29 is 0 Å². The minimum Gasteiger partial charge on any atom is -0.311 e. The van der Waals surface area contributed by atoms with Gasteiger partial charge in [0.15, 0.2) is 0 Å². The first-order valence-electron chi connectivity index (χ1n) is 7.80. The first-order chi connectivity index (χ1) is 8.31. The van der Waals surface area contributed by atoms with Crippen molar-refractivity contribution >= 4 is 0 Å². The number of piperidine rings is 1. The molecule has 2 nitrogen and oxygen atoms in total. The van der Waals surface area contributed by atoms with Crippen molar-refractivity contribution in [3.8, 4) is 0 Å². The molecule has 2 aliphatic heterocycles. The first-order valence-corrected chi connectivity index (χ1v) is 7.80. The van der Waals surface area contributed by atoms with E-state index < -0.39 is 0 Å². The highest BCUT2D eigenvalue weighted by Crippen LogP contribution is 2.32. The normalized spacial score (nSPS) is 32.3. The Kier molecular flexibility index (Phi) is 5.30. The predicted octanol–water partition coefficient (Wildman–Crippen LogP) is 3.03. The molecule has 2 unspecified atom stereocenters. The summed E-state index contributed by atoms with van der Waals surface area (Å²) in [6, 6.07) is 1.73. The largest absolute Gasteiger partial charge is 0.311 e. The molecule has 0 aliphatic carbocycles. The topological polar surface area (TPSA) is 15.3 Å². The van der Waals surface area contributed by atoms with Crippen LogP contribution in [0.4, 0.5) is 0 Å². The van der Waals surface area contributed by atoms with E-state index in [4.69, 9.17) is 0 Å². The summed E-state index contributed by atoms with van der Waals surface area (Å²) in [5.74, 6) is 1.00. The molecule has 0 radical (unpaired) electrons. The van der Waals surface area contributed by atoms with E-state index in [0.717, 1.165) is 18.0 Å². The maximum absolute atomic E-state index is 3.74. The molecule has 2 saturated heterocycles. The highest BCUT2D eigenvalue weighted by Gasteiger charge is 2.33. The van der Waals surface area contributed by atoms with Gasteiger partial charge in [-0.05, 0) is 64.1 Å². The molecule has 100 valence electrons. The fourth-order valence-corrected chi connectivity index (χ4v) is 3.59. The third kappa shape index (κ3) is 3.96. The monoisotopic (exact) mass is 238 g/mol. The van der Waals surface area contributed by atoms with Gasteiger partial charge < -0.3 is 10.2 Å². The number of fused-ring (bicyclic) bond motifs is 2. The zero-order chi connectivity index (χ0) is 12.1. The van der Waals surface area contributed by atoms with Crippen LogP contribution in [0.25, 0.3) is 0 Å². The summed E-state index contributed by atoms with van der Waals surface area (Å²) in [4.78, 5) is 2.65. The zero-order valence-electron chi connectivity index (χ0n) is 11.8. The molecule has 0 saturated carbocycles. The van der Waals surface area contributed by atoms with Crippen molar-refractivity contribution in [3.63, 3.8) is 0 Å². The first kappa shape index (κ1) is 13.4. The molecule has 0 spiro atoms. The Morgan fingerprint density at radius 1 is 1.06 bits per heavy atom. The van der Waals surface area contributed by atoms with Gasteiger partial charge in [-0.2, -0.15) is 0 Å². The van der Waals surface area contributed by atoms with E-state index in [0.29, 0.717) is 0 Å². The summed E-state index contributed by atoms with van der Waals surface area (Å²) in [6.07, 6.45) is 9.90. The number of rotatable bonds is 7. The zero-order valence-corrected chi connectivity index (χ0v) is 11.8. The predicted molar refractivity (Wildman–Crippen MR) is 74.3 cm³/mol. The number of unbranched alkanes of at least 4 members (excludes halogenated alkanes) is 1. The van der Waals surface area contributed by atoms with Gasteiger partial charge in [0.05, 0.1) is 0 Å². The quantitative estimate of drug-likeness (QED) is 0.733. The van der Waals surface area contributed by atoms with Crippen LogP contribution in [-0.2, 0) is 0 Å². The molecule has 2 heteroatoms. The minimum atomic E-state index is 0.865. The Balaban J connectivity index is 1.66. The van der Waals surface area contributed by atoms with Crippen LogP contribution < -0.4 is 5.32 Å². The van der Waals surface area contributed by atoms with E-state index in [1.807, 2.05) is 0 Å². The average molecular weight is 238 g/mol. The fraction of sp³-hybridized carbons (Fsp3) is 1.00. The summed E-state index contributed by atoms with van der Waals surface area (Å²) in [5, 5.41) is 3.74. The average Bonchev–Trinajstić information content (AvgIpc) is 2.69. The maximum Gasteiger partial charge on any atom is 0.00728 e. The van der Waals surface area contributed by atoms with Crippen LogP contribution in [0.15, 0.2) is 0 Å². The van der Waals surface area contributed by atoms with Crippen molar-refractivity contribution in [3.05, 3.63) is 0 Å². The molecule has 0 aromatic carbocycles. The molecule has 17 heavy (non-hydrogen) atoms. The second-order valence-corrected chi connectivity index (χ2v) is 6.05. The Hall–Kier alpha value is -0.0800. The van der Waals surface area contributed by atoms with Crippen LogP contribution in [0.2, 0.25) is 0 Å². The van der Waals surface area contributed by atoms with Crippen LogP contribution >= 0.6 is 0 Å². The van der Waals surface area contributed by atoms with Gasteiger partial charge in [0.25, 0.3) is 0 Å². The van der Waals surface area contributed by atoms with Gasteiger partial charge >= 0.3 is 0 Å². The maximum atomic E-state index is 3.74. The van der Waals surface area contributed by atoms with Gasteiger partial charge in [0.1, 0.15) is 0 Å². The molecule has 2 fully saturated rings. The van der Waals surface area contributed by atoms with Crippen LogP contribution in [0, 0.1) is 5.92 Å². The molecule has 0 aromatic rings. The molecule has 2 heterocycles. The lowest BCUT2D eigenvalue weighted by molar-refractivity contribution is 0.222. The molecule has 0 aromatic heterocycles. The minimum absolute atomic E-state index is 0.865. The van der Waals surface area contributed by atoms with E-state index in [9.17, 15) is 0 Å². The summed E-state index contributed by atoms with van der Waals surface area (Å²) >= 11 is 0. The van der Waals surface area contributed by atoms with Gasteiger partial charge in [0, 0.05) is 12.1 Å². The third-order valence-corrected chi connectivity index (χ3v) is 4.70. The highest BCUT2D eigenvalue weighted by molar-refractivity contribution is 4.92. The molecule has 1 N–H and O–H groups in total. The SMILES string of the molecule is CCCCN(CC)CCC1CC2CCC(C1)N2. The molecular weight excluding hydrogens is 208 g/mol. The Morgan fingerprint density at radius 3 is 2.35 bits per heavy atom. The van der Waals surface area contributed by atoms with Gasteiger partial charge in [-0.15, -0.1) is 0 Å². The molecule has 2 rings (SSSR count). The van der Waals surface area contributed by atoms with Gasteiger partial charge in [-0.1, -0.05) is 20.3 Å². The van der Waals surface area contributed by atoms with Gasteiger partial charge in [0.2, 0.25) is 0 Å². The van der Waals surface area contributed by atoms with Crippen LogP contribution in [0.5, 0.6) is 0 Å². The van der Waals surface area contributed by atoms with Gasteiger partial charge in [-0.3, -0.25) is 0 Å². The van der Waals surface area contributed by atoms with Crippen molar-refractivity contribution in [2.45, 2.75) is 70.9 Å². The highest BCUT2D eigenvalue weighted by atomic mass is 15.1. The molecule has 2 atom stereocenters. The number of nitrogens with one attached hydrogen (secondary N) is 1. The lowest BCUT2D eigenvalue weighted by atomic mass is 9.89. The molecule has 0 amide bonds. The summed E-state index contributed by atoms with van der Waals surface area (Å²) < 4.78 is 0. The van der Waals surface area contributed by atoms with E-state index in [1.54, 1.807) is 0 Å². The molecular formula is C15H30N2. The van der Waals surface area contributed by atoms with Crippen molar-refractivity contribution in [1.82, 2.24) is 10.2 Å². The number of hydrogen-bond acceptors (Lipinski definition) is 2. The number of nitrogens with zero attached hydrogens (tertiary/aromatic N) is 1.